The van der Waals surface area contributed by atoms with Crippen LogP contribution in [0.5, 0.6) is 0 Å². The zero-order chi connectivity index (χ0) is 17.6. The normalized spacial score (nSPS) is 11.7. The maximum atomic E-state index is 11.6. The number of carbonyl (C=O) groups is 1. The van der Waals surface area contributed by atoms with Crippen LogP contribution in [0.15, 0.2) is 0 Å². The molecule has 0 aromatic rings. The number of carbonyl (C=O) groups excluding carboxylic acids is 1. The van der Waals surface area contributed by atoms with E-state index in [9.17, 15) is 4.79 Å². The minimum atomic E-state index is -0.490. The largest absolute Gasteiger partial charge is 0.444 e. The molecule has 8 nitrogen and oxygen atoms in total. The summed E-state index contributed by atoms with van der Waals surface area (Å²) in [4.78, 5) is 13.8. The Morgan fingerprint density at radius 2 is 1.48 bits per heavy atom. The van der Waals surface area contributed by atoms with Gasteiger partial charge in [-0.05, 0) is 20.8 Å². The van der Waals surface area contributed by atoms with Crippen LogP contribution in [0.4, 0.5) is 4.79 Å². The number of hydrogen-bond acceptors (Lipinski definition) is 7. The van der Waals surface area contributed by atoms with Crippen molar-refractivity contribution in [2.75, 3.05) is 65.7 Å². The summed E-state index contributed by atoms with van der Waals surface area (Å²) in [5.74, 6) is 0. The van der Waals surface area contributed by atoms with Crippen molar-refractivity contribution in [1.82, 2.24) is 10.2 Å². The van der Waals surface area contributed by atoms with Crippen LogP contribution >= 0.6 is 0 Å². The summed E-state index contributed by atoms with van der Waals surface area (Å²) in [7, 11) is 0. The van der Waals surface area contributed by atoms with Crippen LogP contribution in [0.3, 0.4) is 0 Å². The second kappa shape index (κ2) is 13.5. The third-order valence-electron chi connectivity index (χ3n) is 2.72. The Bertz CT molecular complexity index is 286. The highest BCUT2D eigenvalue weighted by Gasteiger charge is 2.15. The number of amides is 1. The van der Waals surface area contributed by atoms with Gasteiger partial charge in [-0.3, -0.25) is 4.90 Å². The highest BCUT2D eigenvalue weighted by Crippen LogP contribution is 2.06. The number of alkyl carbamates (subject to hydrolysis) is 1. The van der Waals surface area contributed by atoms with Crippen molar-refractivity contribution in [3.05, 3.63) is 0 Å². The Kier molecular flexibility index (Phi) is 13.0. The molecular formula is C15H34N4O4. The van der Waals surface area contributed by atoms with Gasteiger partial charge in [0.1, 0.15) is 5.60 Å². The first-order valence-electron chi connectivity index (χ1n) is 8.14. The lowest BCUT2D eigenvalue weighted by atomic mass is 10.2. The predicted molar refractivity (Wildman–Crippen MR) is 90.4 cm³/mol. The number of nitrogens with one attached hydrogen (secondary N) is 1. The quantitative estimate of drug-likeness (QED) is 0.399. The first-order valence-corrected chi connectivity index (χ1v) is 8.14. The zero-order valence-electron chi connectivity index (χ0n) is 14.8. The van der Waals surface area contributed by atoms with E-state index in [1.807, 2.05) is 20.8 Å². The molecule has 0 aromatic heterocycles. The SMILES string of the molecule is CC(C)(C)OC(=O)NCCN(CCOCCN)CCOCCN. The Labute approximate surface area is 139 Å². The van der Waals surface area contributed by atoms with E-state index in [4.69, 9.17) is 25.7 Å². The number of nitrogens with zero attached hydrogens (tertiary/aromatic N) is 1. The molecule has 0 aromatic carbocycles. The van der Waals surface area contributed by atoms with Crippen LogP contribution in [-0.2, 0) is 14.2 Å². The summed E-state index contributed by atoms with van der Waals surface area (Å²) >= 11 is 0. The van der Waals surface area contributed by atoms with Crippen LogP contribution < -0.4 is 16.8 Å². The number of hydrogen-bond donors (Lipinski definition) is 3. The third-order valence-corrected chi connectivity index (χ3v) is 2.72. The first-order chi connectivity index (χ1) is 10.9. The number of rotatable bonds is 13. The standard InChI is InChI=1S/C15H34N4O4/c1-15(2,3)23-14(20)18-6-7-19(8-12-21-10-4-16)9-13-22-11-5-17/h4-13,16-17H2,1-3H3,(H,18,20). The molecule has 0 fully saturated rings. The fourth-order valence-corrected chi connectivity index (χ4v) is 1.72. The average molecular weight is 334 g/mol. The lowest BCUT2D eigenvalue weighted by Gasteiger charge is -2.23. The highest BCUT2D eigenvalue weighted by atomic mass is 16.6. The van der Waals surface area contributed by atoms with E-state index < -0.39 is 11.7 Å². The molecule has 0 aliphatic carbocycles. The molecule has 0 radical (unpaired) electrons. The van der Waals surface area contributed by atoms with Gasteiger partial charge in [0.05, 0.1) is 26.4 Å². The maximum Gasteiger partial charge on any atom is 0.407 e. The van der Waals surface area contributed by atoms with Gasteiger partial charge in [-0.15, -0.1) is 0 Å². The van der Waals surface area contributed by atoms with Crippen molar-refractivity contribution in [3.63, 3.8) is 0 Å². The molecule has 23 heavy (non-hydrogen) atoms. The average Bonchev–Trinajstić information content (AvgIpc) is 2.45. The molecule has 0 unspecified atom stereocenters. The van der Waals surface area contributed by atoms with Crippen molar-refractivity contribution in [2.24, 2.45) is 11.5 Å². The van der Waals surface area contributed by atoms with Crippen molar-refractivity contribution in [2.45, 2.75) is 26.4 Å². The monoisotopic (exact) mass is 334 g/mol. The lowest BCUT2D eigenvalue weighted by Crippen LogP contribution is -2.40. The molecule has 0 aliphatic heterocycles. The van der Waals surface area contributed by atoms with Crippen molar-refractivity contribution >= 4 is 6.09 Å². The van der Waals surface area contributed by atoms with E-state index in [0.717, 1.165) is 13.1 Å². The topological polar surface area (TPSA) is 112 Å². The van der Waals surface area contributed by atoms with Gasteiger partial charge in [0.25, 0.3) is 0 Å². The van der Waals surface area contributed by atoms with E-state index in [1.54, 1.807) is 0 Å². The van der Waals surface area contributed by atoms with Crippen molar-refractivity contribution < 1.29 is 19.0 Å². The molecule has 0 saturated carbocycles. The summed E-state index contributed by atoms with van der Waals surface area (Å²) in [5, 5.41) is 2.75. The Morgan fingerprint density at radius 1 is 0.957 bits per heavy atom. The highest BCUT2D eigenvalue weighted by molar-refractivity contribution is 5.67. The molecule has 0 aliphatic rings. The minimum Gasteiger partial charge on any atom is -0.444 e. The lowest BCUT2D eigenvalue weighted by molar-refractivity contribution is 0.0509. The molecule has 8 heteroatoms. The fourth-order valence-electron chi connectivity index (χ4n) is 1.72. The Hall–Kier alpha value is -0.930. The summed E-state index contributed by atoms with van der Waals surface area (Å²) in [6.07, 6.45) is -0.406. The molecule has 1 amide bonds. The van der Waals surface area contributed by atoms with Gasteiger partial charge in [0.15, 0.2) is 0 Å². The second-order valence-electron chi connectivity index (χ2n) is 6.07. The summed E-state index contributed by atoms with van der Waals surface area (Å²) < 4.78 is 16.0. The van der Waals surface area contributed by atoms with Gasteiger partial charge < -0.3 is 31.0 Å². The Morgan fingerprint density at radius 3 is 1.91 bits per heavy atom. The molecule has 5 N–H and O–H groups in total. The molecule has 0 spiro atoms. The fraction of sp³-hybridized carbons (Fsp3) is 0.933. The van der Waals surface area contributed by atoms with Crippen LogP contribution in [0.1, 0.15) is 20.8 Å². The van der Waals surface area contributed by atoms with Crippen LogP contribution in [0.25, 0.3) is 0 Å². The van der Waals surface area contributed by atoms with Gasteiger partial charge in [-0.1, -0.05) is 0 Å². The maximum absolute atomic E-state index is 11.6. The van der Waals surface area contributed by atoms with Gasteiger partial charge in [-0.25, -0.2) is 4.79 Å². The van der Waals surface area contributed by atoms with Crippen molar-refractivity contribution in [1.29, 1.82) is 0 Å². The van der Waals surface area contributed by atoms with E-state index in [-0.39, 0.29) is 0 Å². The van der Waals surface area contributed by atoms with Gasteiger partial charge in [0, 0.05) is 39.3 Å². The van der Waals surface area contributed by atoms with E-state index >= 15 is 0 Å². The van der Waals surface area contributed by atoms with Crippen LogP contribution in [0.2, 0.25) is 0 Å². The van der Waals surface area contributed by atoms with Crippen LogP contribution in [0, 0.1) is 0 Å². The van der Waals surface area contributed by atoms with Crippen molar-refractivity contribution in [3.8, 4) is 0 Å². The number of nitrogens with two attached hydrogens (primary N) is 2. The summed E-state index contributed by atoms with van der Waals surface area (Å²) in [6.45, 7) is 11.5. The molecule has 0 bridgehead atoms. The third kappa shape index (κ3) is 15.7. The van der Waals surface area contributed by atoms with Gasteiger partial charge >= 0.3 is 6.09 Å². The smallest absolute Gasteiger partial charge is 0.407 e. The predicted octanol–water partition coefficient (Wildman–Crippen LogP) is -0.236. The Balaban J connectivity index is 3.99. The second-order valence-corrected chi connectivity index (χ2v) is 6.07. The van der Waals surface area contributed by atoms with Crippen LogP contribution in [-0.4, -0.2) is 82.3 Å². The van der Waals surface area contributed by atoms with E-state index in [0.29, 0.717) is 52.6 Å². The first kappa shape index (κ1) is 22.1. The molecule has 138 valence electrons. The molecule has 0 rings (SSSR count). The van der Waals surface area contributed by atoms with E-state index in [1.165, 1.54) is 0 Å². The minimum absolute atomic E-state index is 0.406. The summed E-state index contributed by atoms with van der Waals surface area (Å²) in [6, 6.07) is 0. The van der Waals surface area contributed by atoms with E-state index in [2.05, 4.69) is 10.2 Å². The summed E-state index contributed by atoms with van der Waals surface area (Å²) in [5.41, 5.74) is 10.3. The van der Waals surface area contributed by atoms with Gasteiger partial charge in [-0.2, -0.15) is 0 Å². The zero-order valence-corrected chi connectivity index (χ0v) is 14.8. The van der Waals surface area contributed by atoms with Gasteiger partial charge in [0.2, 0.25) is 0 Å². The molecular weight excluding hydrogens is 300 g/mol. The molecule has 0 heterocycles. The molecule has 0 atom stereocenters. The number of ether oxygens (including phenoxy) is 3. The molecule has 0 saturated heterocycles.